The molecule has 1 rings (SSSR count). The fourth-order valence-electron chi connectivity index (χ4n) is 1.74. The monoisotopic (exact) mass is 237 g/mol. The van der Waals surface area contributed by atoms with Gasteiger partial charge in [-0.15, -0.1) is 0 Å². The minimum absolute atomic E-state index is 0.0866. The molecule has 1 N–H and O–H groups in total. The highest BCUT2D eigenvalue weighted by molar-refractivity contribution is 5.31. The maximum Gasteiger partial charge on any atom is 0.119 e. The van der Waals surface area contributed by atoms with Crippen LogP contribution in [-0.2, 0) is 10.2 Å². The molecule has 1 aromatic carbocycles. The van der Waals surface area contributed by atoms with Crippen molar-refractivity contribution in [3.05, 3.63) is 29.8 Å². The second kappa shape index (κ2) is 6.62. The van der Waals surface area contributed by atoms with Gasteiger partial charge in [0.2, 0.25) is 0 Å². The molecule has 1 aromatic rings. The lowest BCUT2D eigenvalue weighted by Gasteiger charge is -2.25. The standard InChI is InChI=1S/C14H23NO2/c1-5-17-13-8-6-12(7-9-13)14(2,3)10-15-11-16-4/h6-9,15H,5,10-11H2,1-4H3. The molecule has 0 aliphatic heterocycles. The Morgan fingerprint density at radius 2 is 1.82 bits per heavy atom. The lowest BCUT2D eigenvalue weighted by Crippen LogP contribution is -2.33. The van der Waals surface area contributed by atoms with Gasteiger partial charge in [-0.1, -0.05) is 26.0 Å². The average molecular weight is 237 g/mol. The van der Waals surface area contributed by atoms with E-state index in [9.17, 15) is 0 Å². The van der Waals surface area contributed by atoms with Crippen molar-refractivity contribution in [1.29, 1.82) is 0 Å². The fourth-order valence-corrected chi connectivity index (χ4v) is 1.74. The van der Waals surface area contributed by atoms with Gasteiger partial charge < -0.3 is 9.47 Å². The van der Waals surface area contributed by atoms with E-state index < -0.39 is 0 Å². The molecule has 0 spiro atoms. The molecule has 0 bridgehead atoms. The van der Waals surface area contributed by atoms with Crippen molar-refractivity contribution < 1.29 is 9.47 Å². The molecular formula is C14H23NO2. The SMILES string of the molecule is CCOc1ccc(C(C)(C)CNCOC)cc1. The van der Waals surface area contributed by atoms with Gasteiger partial charge >= 0.3 is 0 Å². The molecule has 0 heterocycles. The molecule has 17 heavy (non-hydrogen) atoms. The second-order valence-corrected chi connectivity index (χ2v) is 4.70. The first-order valence-corrected chi connectivity index (χ1v) is 6.03. The van der Waals surface area contributed by atoms with Crippen molar-refractivity contribution in [2.24, 2.45) is 0 Å². The van der Waals surface area contributed by atoms with Gasteiger partial charge in [-0.2, -0.15) is 0 Å². The predicted octanol–water partition coefficient (Wildman–Crippen LogP) is 2.56. The number of hydrogen-bond donors (Lipinski definition) is 1. The fraction of sp³-hybridized carbons (Fsp3) is 0.571. The molecule has 3 nitrogen and oxygen atoms in total. The first-order chi connectivity index (χ1) is 8.10. The Kier molecular flexibility index (Phi) is 5.45. The summed E-state index contributed by atoms with van der Waals surface area (Å²) in [4.78, 5) is 0. The van der Waals surface area contributed by atoms with E-state index in [1.165, 1.54) is 5.56 Å². The Morgan fingerprint density at radius 3 is 2.35 bits per heavy atom. The lowest BCUT2D eigenvalue weighted by atomic mass is 9.84. The Balaban J connectivity index is 2.63. The summed E-state index contributed by atoms with van der Waals surface area (Å²) >= 11 is 0. The van der Waals surface area contributed by atoms with Crippen LogP contribution in [0.1, 0.15) is 26.3 Å². The average Bonchev–Trinajstić information content (AvgIpc) is 2.30. The van der Waals surface area contributed by atoms with Crippen molar-refractivity contribution in [2.75, 3.05) is 27.0 Å². The third-order valence-electron chi connectivity index (χ3n) is 2.76. The normalized spacial score (nSPS) is 11.5. The maximum absolute atomic E-state index is 5.44. The highest BCUT2D eigenvalue weighted by Gasteiger charge is 2.19. The van der Waals surface area contributed by atoms with E-state index >= 15 is 0 Å². The van der Waals surface area contributed by atoms with Crippen LogP contribution >= 0.6 is 0 Å². The zero-order valence-corrected chi connectivity index (χ0v) is 11.2. The first-order valence-electron chi connectivity index (χ1n) is 6.03. The topological polar surface area (TPSA) is 30.5 Å². The number of benzene rings is 1. The minimum atomic E-state index is 0.0866. The van der Waals surface area contributed by atoms with Gasteiger partial charge in [0.05, 0.1) is 13.3 Å². The van der Waals surface area contributed by atoms with E-state index in [1.807, 2.05) is 19.1 Å². The molecule has 0 fully saturated rings. The Bertz CT molecular complexity index is 319. The molecule has 0 aromatic heterocycles. The third kappa shape index (κ3) is 4.36. The molecule has 0 aliphatic carbocycles. The summed E-state index contributed by atoms with van der Waals surface area (Å²) in [6, 6.07) is 8.30. The van der Waals surface area contributed by atoms with Crippen LogP contribution < -0.4 is 10.1 Å². The molecular weight excluding hydrogens is 214 g/mol. The summed E-state index contributed by atoms with van der Waals surface area (Å²) in [5.74, 6) is 0.928. The van der Waals surface area contributed by atoms with Crippen LogP contribution in [-0.4, -0.2) is 27.0 Å². The number of rotatable bonds is 7. The zero-order valence-electron chi connectivity index (χ0n) is 11.2. The smallest absolute Gasteiger partial charge is 0.119 e. The van der Waals surface area contributed by atoms with Crippen LogP contribution in [0.2, 0.25) is 0 Å². The van der Waals surface area contributed by atoms with E-state index in [-0.39, 0.29) is 5.41 Å². The Labute approximate surface area is 104 Å². The van der Waals surface area contributed by atoms with Crippen molar-refractivity contribution in [2.45, 2.75) is 26.2 Å². The van der Waals surface area contributed by atoms with E-state index in [4.69, 9.17) is 9.47 Å². The molecule has 0 atom stereocenters. The van der Waals surface area contributed by atoms with Crippen molar-refractivity contribution in [3.63, 3.8) is 0 Å². The van der Waals surface area contributed by atoms with Gasteiger partial charge in [0.25, 0.3) is 0 Å². The molecule has 0 unspecified atom stereocenters. The van der Waals surface area contributed by atoms with Crippen LogP contribution in [0.25, 0.3) is 0 Å². The summed E-state index contributed by atoms with van der Waals surface area (Å²) in [6.07, 6.45) is 0. The van der Waals surface area contributed by atoms with E-state index in [0.29, 0.717) is 13.3 Å². The van der Waals surface area contributed by atoms with E-state index in [0.717, 1.165) is 12.3 Å². The maximum atomic E-state index is 5.44. The largest absolute Gasteiger partial charge is 0.494 e. The molecule has 0 radical (unpaired) electrons. The van der Waals surface area contributed by atoms with Crippen LogP contribution in [0.15, 0.2) is 24.3 Å². The first kappa shape index (κ1) is 14.0. The van der Waals surface area contributed by atoms with Gasteiger partial charge in [-0.25, -0.2) is 0 Å². The predicted molar refractivity (Wildman–Crippen MR) is 70.5 cm³/mol. The summed E-state index contributed by atoms with van der Waals surface area (Å²) in [5, 5.41) is 3.26. The van der Waals surface area contributed by atoms with Crippen LogP contribution in [0.3, 0.4) is 0 Å². The van der Waals surface area contributed by atoms with Gasteiger partial charge in [0.15, 0.2) is 0 Å². The van der Waals surface area contributed by atoms with E-state index in [2.05, 4.69) is 31.3 Å². The molecule has 0 saturated heterocycles. The van der Waals surface area contributed by atoms with Crippen LogP contribution in [0, 0.1) is 0 Å². The zero-order chi connectivity index (χ0) is 12.7. The highest BCUT2D eigenvalue weighted by atomic mass is 16.5. The van der Waals surface area contributed by atoms with Crippen molar-refractivity contribution >= 4 is 0 Å². The summed E-state index contributed by atoms with van der Waals surface area (Å²) in [5.41, 5.74) is 1.38. The molecule has 0 aliphatic rings. The number of hydrogen-bond acceptors (Lipinski definition) is 3. The quantitative estimate of drug-likeness (QED) is 0.584. The van der Waals surface area contributed by atoms with Gasteiger partial charge in [-0.3, -0.25) is 5.32 Å². The third-order valence-corrected chi connectivity index (χ3v) is 2.76. The van der Waals surface area contributed by atoms with Gasteiger partial charge in [0, 0.05) is 19.1 Å². The van der Waals surface area contributed by atoms with Crippen LogP contribution in [0.5, 0.6) is 5.75 Å². The Morgan fingerprint density at radius 1 is 1.18 bits per heavy atom. The van der Waals surface area contributed by atoms with Crippen LogP contribution in [0.4, 0.5) is 0 Å². The second-order valence-electron chi connectivity index (χ2n) is 4.70. The Hall–Kier alpha value is -1.06. The summed E-state index contributed by atoms with van der Waals surface area (Å²) in [6.45, 7) is 8.59. The summed E-state index contributed by atoms with van der Waals surface area (Å²) in [7, 11) is 1.69. The molecule has 3 heteroatoms. The van der Waals surface area contributed by atoms with E-state index in [1.54, 1.807) is 7.11 Å². The van der Waals surface area contributed by atoms with Crippen molar-refractivity contribution in [1.82, 2.24) is 5.32 Å². The van der Waals surface area contributed by atoms with Gasteiger partial charge in [0.1, 0.15) is 5.75 Å². The molecule has 0 amide bonds. The highest BCUT2D eigenvalue weighted by Crippen LogP contribution is 2.24. The number of ether oxygens (including phenoxy) is 2. The number of methoxy groups -OCH3 is 1. The lowest BCUT2D eigenvalue weighted by molar-refractivity contribution is 0.169. The summed E-state index contributed by atoms with van der Waals surface area (Å²) < 4.78 is 10.4. The molecule has 96 valence electrons. The van der Waals surface area contributed by atoms with Gasteiger partial charge in [-0.05, 0) is 24.6 Å². The number of nitrogens with one attached hydrogen (secondary N) is 1. The molecule has 0 saturated carbocycles. The minimum Gasteiger partial charge on any atom is -0.494 e. The van der Waals surface area contributed by atoms with Crippen molar-refractivity contribution in [3.8, 4) is 5.75 Å².